The van der Waals surface area contributed by atoms with Crippen LogP contribution < -0.4 is 35.9 Å². The molecule has 3 aromatic rings. The number of amides is 2. The van der Waals surface area contributed by atoms with Crippen LogP contribution in [0.1, 0.15) is 95.4 Å². The Labute approximate surface area is 401 Å². The molecular formula is C41H56N7O19P3-4. The van der Waals surface area contributed by atoms with Crippen molar-refractivity contribution in [2.24, 2.45) is 16.2 Å². The molecule has 0 radical (unpaired) electrons. The van der Waals surface area contributed by atoms with E-state index in [1.807, 2.05) is 12.1 Å². The van der Waals surface area contributed by atoms with Gasteiger partial charge in [-0.1, -0.05) is 38.1 Å². The van der Waals surface area contributed by atoms with E-state index in [0.717, 1.165) is 68.6 Å². The number of phosphoric acid groups is 3. The Morgan fingerprint density at radius 1 is 0.914 bits per heavy atom. The van der Waals surface area contributed by atoms with E-state index in [2.05, 4.69) is 55.6 Å². The van der Waals surface area contributed by atoms with Crippen LogP contribution >= 0.6 is 23.5 Å². The largest absolute Gasteiger partial charge is 0.790 e. The highest BCUT2D eigenvalue weighted by Crippen LogP contribution is 2.57. The number of aliphatic hydroxyl groups excluding tert-OH is 2. The summed E-state index contributed by atoms with van der Waals surface area (Å²) in [5.74, 6) is -2.26. The number of ketones is 1. The van der Waals surface area contributed by atoms with Gasteiger partial charge in [0.15, 0.2) is 17.7 Å². The van der Waals surface area contributed by atoms with Crippen molar-refractivity contribution in [2.45, 2.75) is 122 Å². The van der Waals surface area contributed by atoms with E-state index < -0.39 is 101 Å². The molecule has 0 bridgehead atoms. The van der Waals surface area contributed by atoms with Gasteiger partial charge in [-0.05, 0) is 75.3 Å². The Balaban J connectivity index is 0.879. The number of nitrogen functional groups attached to an aromatic ring is 1. The molecule has 7 unspecified atom stereocenters. The van der Waals surface area contributed by atoms with Crippen LogP contribution in [0, 0.1) is 16.2 Å². The van der Waals surface area contributed by atoms with Crippen molar-refractivity contribution in [2.75, 3.05) is 32.0 Å². The summed E-state index contributed by atoms with van der Waals surface area (Å²) in [5.41, 5.74) is 5.46. The van der Waals surface area contributed by atoms with E-state index in [1.54, 1.807) is 0 Å². The Morgan fingerprint density at radius 2 is 1.51 bits per heavy atom. The molecule has 1 saturated heterocycles. The number of hydrogen-bond acceptors (Lipinski definition) is 22. The van der Waals surface area contributed by atoms with E-state index in [9.17, 15) is 67.8 Å². The second kappa shape index (κ2) is 22.3. The van der Waals surface area contributed by atoms with Gasteiger partial charge in [0.05, 0.1) is 32.8 Å². The van der Waals surface area contributed by atoms with Gasteiger partial charge in [0.2, 0.25) is 11.8 Å². The monoisotopic (exact) mass is 1040 g/mol. The molecule has 0 spiro atoms. The summed E-state index contributed by atoms with van der Waals surface area (Å²) in [6.45, 7) is -0.0752. The first-order chi connectivity index (χ1) is 32.8. The van der Waals surface area contributed by atoms with Gasteiger partial charge in [-0.3, -0.25) is 32.9 Å². The average molecular weight is 1040 g/mol. The van der Waals surface area contributed by atoms with Crippen molar-refractivity contribution >= 4 is 64.0 Å². The first-order valence-electron chi connectivity index (χ1n) is 22.4. The van der Waals surface area contributed by atoms with E-state index in [4.69, 9.17) is 10.5 Å². The van der Waals surface area contributed by atoms with E-state index in [0.29, 0.717) is 12.8 Å². The highest BCUT2D eigenvalue weighted by atomic mass is 31.3. The summed E-state index contributed by atoms with van der Waals surface area (Å²) in [6, 6.07) is 8.09. The first-order valence-corrected chi connectivity index (χ1v) is 26.8. The van der Waals surface area contributed by atoms with Crippen LogP contribution in [0.3, 0.4) is 0 Å². The lowest BCUT2D eigenvalue weighted by Crippen LogP contribution is -2.46. The fraction of sp³-hybridized carbons (Fsp3) is 0.634. The maximum atomic E-state index is 13.2. The van der Waals surface area contributed by atoms with Crippen molar-refractivity contribution in [3.63, 3.8) is 0 Å². The number of carboxylic acids is 1. The number of aromatic nitrogens is 4. The minimum Gasteiger partial charge on any atom is -0.790 e. The van der Waals surface area contributed by atoms with Gasteiger partial charge in [0.1, 0.15) is 42.0 Å². The minimum atomic E-state index is -5.94. The van der Waals surface area contributed by atoms with Crippen molar-refractivity contribution in [1.29, 1.82) is 0 Å². The normalized spacial score (nSPS) is 22.7. The predicted octanol–water partition coefficient (Wildman–Crippen LogP) is -0.173. The molecule has 3 heterocycles. The quantitative estimate of drug-likeness (QED) is 0.0491. The highest BCUT2D eigenvalue weighted by Gasteiger charge is 2.50. The van der Waals surface area contributed by atoms with Crippen molar-refractivity contribution in [3.05, 3.63) is 48.0 Å². The van der Waals surface area contributed by atoms with Crippen LogP contribution in [0.5, 0.6) is 0 Å². The smallest absolute Gasteiger partial charge is 0.309 e. The number of fused-ring (bicyclic) bond motifs is 1. The topological polar surface area (TPSA) is 412 Å². The summed E-state index contributed by atoms with van der Waals surface area (Å²) in [7, 11) is -17.7. The minimum absolute atomic E-state index is 0.0269. The number of hydrogen-bond donors (Lipinski definition) is 6. The molecule has 3 fully saturated rings. The summed E-state index contributed by atoms with van der Waals surface area (Å²) < 4.78 is 61.0. The number of carbonyl (C=O) groups is 4. The summed E-state index contributed by atoms with van der Waals surface area (Å²) in [5, 5.41) is 36.0. The molecule has 2 aliphatic carbocycles. The summed E-state index contributed by atoms with van der Waals surface area (Å²) in [4.78, 5) is 110. The number of nitrogens with two attached hydrogens (primary N) is 1. The number of benzene rings is 1. The molecule has 29 heteroatoms. The van der Waals surface area contributed by atoms with E-state index >= 15 is 0 Å². The molecule has 388 valence electrons. The van der Waals surface area contributed by atoms with Gasteiger partial charge < -0.3 is 74.1 Å². The zero-order chi connectivity index (χ0) is 51.3. The maximum Gasteiger partial charge on any atom is 0.309 e. The van der Waals surface area contributed by atoms with Crippen LogP contribution in [0.15, 0.2) is 36.9 Å². The number of imidazole rings is 1. The van der Waals surface area contributed by atoms with Crippen molar-refractivity contribution in [1.82, 2.24) is 30.2 Å². The number of Topliss-reactive ketones (excluding diaryl/α,β-unsaturated/α-hetero) is 1. The molecule has 2 aromatic heterocycles. The molecule has 1 aromatic carbocycles. The molecule has 2 saturated carbocycles. The average Bonchev–Trinajstić information content (AvgIpc) is 4.19. The van der Waals surface area contributed by atoms with Gasteiger partial charge >= 0.3 is 5.97 Å². The fourth-order valence-electron chi connectivity index (χ4n) is 8.32. The molecule has 7 atom stereocenters. The third-order valence-electron chi connectivity index (χ3n) is 12.8. The lowest BCUT2D eigenvalue weighted by Gasteiger charge is -2.36. The highest BCUT2D eigenvalue weighted by molar-refractivity contribution is 7.59. The number of nitrogens with zero attached hydrogens (tertiary/aromatic N) is 4. The summed E-state index contributed by atoms with van der Waals surface area (Å²) >= 11 is 0. The molecule has 26 nitrogen and oxygen atoms in total. The maximum absolute atomic E-state index is 13.2. The predicted molar refractivity (Wildman–Crippen MR) is 234 cm³/mol. The number of anilines is 1. The molecular weight excluding hydrogens is 987 g/mol. The van der Waals surface area contributed by atoms with Crippen molar-refractivity contribution < 1.29 is 90.4 Å². The third-order valence-corrected chi connectivity index (χ3v) is 15.8. The van der Waals surface area contributed by atoms with Gasteiger partial charge in [-0.25, -0.2) is 19.3 Å². The number of aryl methyl sites for hydroxylation is 2. The van der Waals surface area contributed by atoms with E-state index in [1.165, 1.54) is 25.0 Å². The SMILES string of the molecule is CC(C)(COP(=O)([O-])OP(=O)([O-])OCC1OC(n2cnc3c(N)ncnc32)C(O)C1OP(=O)([O-])[O-])C(O)C(=O)NCCC(=O)NCCC(=O)C1(CCCc2ccccc2CCCC2(C(=O)O)CC2)CC1. The Morgan fingerprint density at radius 3 is 2.11 bits per heavy atom. The fourth-order valence-corrected chi connectivity index (χ4v) is 11.1. The van der Waals surface area contributed by atoms with Crippen LogP contribution in [-0.4, -0.2) is 109 Å². The zero-order valence-electron chi connectivity index (χ0n) is 38.2. The first kappa shape index (κ1) is 55.2. The molecule has 1 aliphatic heterocycles. The Kier molecular flexibility index (Phi) is 17.6. The Bertz CT molecular complexity index is 2530. The lowest BCUT2D eigenvalue weighted by molar-refractivity contribution is -0.347. The number of carbonyl (C=O) groups excluding carboxylic acids is 3. The second-order valence-electron chi connectivity index (χ2n) is 18.5. The third kappa shape index (κ3) is 14.5. The number of rotatable bonds is 29. The molecule has 6 rings (SSSR count). The van der Waals surface area contributed by atoms with Gasteiger partial charge in [-0.15, -0.1) is 0 Å². The Hall–Kier alpha value is -4.10. The number of aliphatic hydroxyl groups is 2. The van der Waals surface area contributed by atoms with Gasteiger partial charge in [0.25, 0.3) is 15.6 Å². The van der Waals surface area contributed by atoms with Crippen molar-refractivity contribution in [3.8, 4) is 0 Å². The lowest BCUT2D eigenvalue weighted by atomic mass is 9.87. The van der Waals surface area contributed by atoms with Gasteiger partial charge in [0, 0.05) is 36.8 Å². The second-order valence-corrected chi connectivity index (χ2v) is 22.6. The molecule has 3 aliphatic rings. The number of phosphoric ester groups is 3. The molecule has 7 N–H and O–H groups in total. The van der Waals surface area contributed by atoms with Crippen LogP contribution in [-0.2, 0) is 68.3 Å². The number of aliphatic carboxylic acids is 1. The molecule has 2 amide bonds. The van der Waals surface area contributed by atoms with Crippen LogP contribution in [0.25, 0.3) is 11.2 Å². The number of carboxylic acid groups (broad SMARTS) is 1. The van der Waals surface area contributed by atoms with Crippen LogP contribution in [0.2, 0.25) is 0 Å². The number of ether oxygens (including phenoxy) is 1. The van der Waals surface area contributed by atoms with Gasteiger partial charge in [-0.2, -0.15) is 0 Å². The zero-order valence-corrected chi connectivity index (χ0v) is 40.9. The van der Waals surface area contributed by atoms with Crippen LogP contribution in [0.4, 0.5) is 5.82 Å². The number of nitrogens with one attached hydrogen (secondary N) is 2. The standard InChI is InChI=1S/C41H60N7O19P3/c1-39(2,22-64-70(61,62)67-69(59,60)63-21-27-32(66-68(56,57)58)31(51)37(65-27)48-24-47-30-34(42)45-23-46-35(30)48)33(52)36(53)44-20-12-29(50)43-19-11-28(49)40(15-16-40)13-5-9-25-7-3-4-8-26(25)10-6-14-41(17-18-41)38(54)55/h3-4,7-8,23-24,27,31-33,37,51-52H,5-6,9-22H2,1-2H3,(H,43,50)(H,44,53)(H,54,55)(H,59,60)(H,61,62)(H2,42,45,46)(H2,56,57,58)/p-4. The van der Waals surface area contributed by atoms with E-state index in [-0.39, 0.29) is 48.7 Å². The molecule has 70 heavy (non-hydrogen) atoms. The summed E-state index contributed by atoms with van der Waals surface area (Å²) in [6.07, 6.45) is -0.0172.